The van der Waals surface area contributed by atoms with Gasteiger partial charge in [-0.1, -0.05) is 24.8 Å². The van der Waals surface area contributed by atoms with Crippen LogP contribution in [0, 0.1) is 0 Å². The minimum absolute atomic E-state index is 0.264. The highest BCUT2D eigenvalue weighted by Gasteiger charge is 2.09. The van der Waals surface area contributed by atoms with Crippen molar-refractivity contribution >= 4 is 41.3 Å². The van der Waals surface area contributed by atoms with Gasteiger partial charge in [-0.3, -0.25) is 0 Å². The molecule has 27 heavy (non-hydrogen) atoms. The first-order valence-corrected chi connectivity index (χ1v) is 9.16. The highest BCUT2D eigenvalue weighted by molar-refractivity contribution is 8.02. The van der Waals surface area contributed by atoms with Gasteiger partial charge in [-0.25, -0.2) is 19.5 Å². The first kappa shape index (κ1) is 20.3. The molecule has 10 heteroatoms. The molecule has 2 aromatic heterocycles. The number of amides is 2. The number of carbonyl (C=O) groups is 1. The summed E-state index contributed by atoms with van der Waals surface area (Å²) in [4.78, 5) is 20.5. The van der Waals surface area contributed by atoms with Crippen LogP contribution < -0.4 is 16.4 Å². The Balaban J connectivity index is 2.09. The summed E-state index contributed by atoms with van der Waals surface area (Å²) in [7, 11) is 0. The molecule has 0 unspecified atom stereocenters. The van der Waals surface area contributed by atoms with Crippen molar-refractivity contribution in [1.29, 1.82) is 0 Å². The Hall–Kier alpha value is -3.04. The van der Waals surface area contributed by atoms with E-state index in [1.165, 1.54) is 34.9 Å². The van der Waals surface area contributed by atoms with Gasteiger partial charge in [0.25, 0.3) is 0 Å². The van der Waals surface area contributed by atoms with Gasteiger partial charge in [0.15, 0.2) is 5.82 Å². The number of allylic oxidation sites excluding steroid dienone is 2. The molecular weight excluding hydrogens is 386 g/mol. The van der Waals surface area contributed by atoms with Crippen LogP contribution in [0.15, 0.2) is 71.4 Å². The largest absolute Gasteiger partial charge is 0.399 e. The topological polar surface area (TPSA) is 110 Å². The maximum absolute atomic E-state index is 12.2. The summed E-state index contributed by atoms with van der Waals surface area (Å²) >= 11 is 7.59. The molecule has 8 nitrogen and oxygen atoms in total. The number of aromatic nitrogens is 3. The van der Waals surface area contributed by atoms with Gasteiger partial charge in [-0.15, -0.1) is 11.8 Å². The zero-order valence-corrected chi connectivity index (χ0v) is 16.1. The molecular formula is C17H18ClN7OS. The summed E-state index contributed by atoms with van der Waals surface area (Å²) < 4.78 is 1.52. The molecule has 4 N–H and O–H groups in total. The van der Waals surface area contributed by atoms with Crippen LogP contribution in [-0.2, 0) is 0 Å². The first-order chi connectivity index (χ1) is 12.9. The predicted octanol–water partition coefficient (Wildman–Crippen LogP) is 3.30. The summed E-state index contributed by atoms with van der Waals surface area (Å²) in [5.41, 5.74) is 6.60. The Labute approximate surface area is 165 Å². The van der Waals surface area contributed by atoms with Crippen molar-refractivity contribution in [3.8, 4) is 5.82 Å². The highest BCUT2D eigenvalue weighted by Crippen LogP contribution is 2.21. The van der Waals surface area contributed by atoms with Crippen LogP contribution in [-0.4, -0.2) is 33.3 Å². The summed E-state index contributed by atoms with van der Waals surface area (Å²) in [5, 5.41) is 10.2. The molecule has 2 rings (SSSR count). The first-order valence-electron chi connectivity index (χ1n) is 7.55. The molecule has 2 heterocycles. The van der Waals surface area contributed by atoms with E-state index >= 15 is 0 Å². The van der Waals surface area contributed by atoms with E-state index in [0.29, 0.717) is 27.3 Å². The lowest BCUT2D eigenvalue weighted by Gasteiger charge is -2.10. The third kappa shape index (κ3) is 6.32. The van der Waals surface area contributed by atoms with E-state index in [0.717, 1.165) is 0 Å². The fourth-order valence-corrected chi connectivity index (χ4v) is 2.27. The smallest absolute Gasteiger partial charge is 0.323 e. The van der Waals surface area contributed by atoms with E-state index in [1.807, 2.05) is 6.26 Å². The average molecular weight is 404 g/mol. The number of nitrogens with one attached hydrogen (secondary N) is 2. The molecule has 0 aliphatic heterocycles. The van der Waals surface area contributed by atoms with Crippen molar-refractivity contribution in [2.45, 2.75) is 0 Å². The zero-order chi connectivity index (χ0) is 19.8. The molecule has 0 aromatic carbocycles. The molecule has 0 saturated heterocycles. The lowest BCUT2D eigenvalue weighted by atomic mass is 10.3. The van der Waals surface area contributed by atoms with Crippen molar-refractivity contribution < 1.29 is 4.79 Å². The second kappa shape index (κ2) is 9.60. The lowest BCUT2D eigenvalue weighted by Crippen LogP contribution is -2.29. The minimum atomic E-state index is -0.520. The second-order valence-corrected chi connectivity index (χ2v) is 6.38. The van der Waals surface area contributed by atoms with E-state index < -0.39 is 6.03 Å². The number of hydrogen-bond acceptors (Lipinski definition) is 6. The number of nitrogens with two attached hydrogens (primary N) is 1. The fraction of sp³-hybridized carbons (Fsp3) is 0.0588. The van der Waals surface area contributed by atoms with E-state index in [-0.39, 0.29) is 5.70 Å². The Morgan fingerprint density at radius 2 is 2.26 bits per heavy atom. The van der Waals surface area contributed by atoms with Crippen molar-refractivity contribution in [3.05, 3.63) is 71.4 Å². The van der Waals surface area contributed by atoms with E-state index in [9.17, 15) is 4.79 Å². The monoisotopic (exact) mass is 403 g/mol. The lowest BCUT2D eigenvalue weighted by molar-refractivity contribution is 0.254. The Morgan fingerprint density at radius 3 is 2.85 bits per heavy atom. The fourth-order valence-electron chi connectivity index (χ4n) is 1.85. The number of anilines is 1. The van der Waals surface area contributed by atoms with Crippen molar-refractivity contribution in [1.82, 2.24) is 20.1 Å². The van der Waals surface area contributed by atoms with Gasteiger partial charge in [0.05, 0.1) is 33.8 Å². The molecule has 140 valence electrons. The summed E-state index contributed by atoms with van der Waals surface area (Å²) in [6.07, 6.45) is 9.55. The SMILES string of the molecule is C=C(N)/C=C(\C=N/C(=C)SC)NC(=O)Nc1cnc(-n2cccn2)c(Cl)c1. The van der Waals surface area contributed by atoms with Gasteiger partial charge < -0.3 is 16.4 Å². The van der Waals surface area contributed by atoms with E-state index in [4.69, 9.17) is 17.3 Å². The molecule has 0 fully saturated rings. The summed E-state index contributed by atoms with van der Waals surface area (Å²) in [6.45, 7) is 7.32. The average Bonchev–Trinajstić information content (AvgIpc) is 3.13. The number of halogens is 1. The van der Waals surface area contributed by atoms with E-state index in [1.54, 1.807) is 24.5 Å². The quantitative estimate of drug-likeness (QED) is 0.485. The Bertz CT molecular complexity index is 906. The maximum Gasteiger partial charge on any atom is 0.323 e. The van der Waals surface area contributed by atoms with Crippen LogP contribution in [0.2, 0.25) is 5.02 Å². The van der Waals surface area contributed by atoms with Gasteiger partial charge in [0, 0.05) is 18.1 Å². The van der Waals surface area contributed by atoms with Gasteiger partial charge >= 0.3 is 6.03 Å². The number of urea groups is 1. The number of aliphatic imine (C=N–C) groups is 1. The third-order valence-corrected chi connectivity index (χ3v) is 3.84. The predicted molar refractivity (Wildman–Crippen MR) is 111 cm³/mol. The number of carbonyl (C=O) groups excluding carboxylic acids is 1. The van der Waals surface area contributed by atoms with Crippen LogP contribution in [0.3, 0.4) is 0 Å². The molecule has 0 saturated carbocycles. The summed E-state index contributed by atoms with van der Waals surface area (Å²) in [5.74, 6) is 0.454. The molecule has 0 bridgehead atoms. The van der Waals surface area contributed by atoms with Crippen LogP contribution in [0.1, 0.15) is 0 Å². The molecule has 0 atom stereocenters. The number of rotatable bonds is 7. The van der Waals surface area contributed by atoms with Crippen molar-refractivity contribution in [2.75, 3.05) is 11.6 Å². The van der Waals surface area contributed by atoms with Gasteiger partial charge in [0.1, 0.15) is 0 Å². The number of hydrogen-bond donors (Lipinski definition) is 3. The molecule has 2 amide bonds. The number of thioether (sulfide) groups is 1. The van der Waals surface area contributed by atoms with E-state index in [2.05, 4.69) is 38.9 Å². The third-order valence-electron chi connectivity index (χ3n) is 2.98. The standard InChI is InChI=1S/C17H18ClN7OS/c1-11(19)7-13(9-20-12(2)27-3)23-17(26)24-14-8-15(18)16(21-10-14)25-6-4-5-22-25/h4-10H,1-2,19H2,3H3,(H2,23,24,26)/b13-7+,20-9-. The number of pyridine rings is 1. The Morgan fingerprint density at radius 1 is 1.48 bits per heavy atom. The molecule has 0 spiro atoms. The zero-order valence-electron chi connectivity index (χ0n) is 14.5. The van der Waals surface area contributed by atoms with Crippen LogP contribution >= 0.6 is 23.4 Å². The summed E-state index contributed by atoms with van der Waals surface area (Å²) in [6, 6.07) is 2.80. The molecule has 0 radical (unpaired) electrons. The number of nitrogens with zero attached hydrogens (tertiary/aromatic N) is 4. The van der Waals surface area contributed by atoms with Crippen molar-refractivity contribution in [3.63, 3.8) is 0 Å². The molecule has 2 aromatic rings. The van der Waals surface area contributed by atoms with Crippen LogP contribution in [0.4, 0.5) is 10.5 Å². The normalized spacial score (nSPS) is 11.4. The Kier molecular flexibility index (Phi) is 7.21. The molecule has 0 aliphatic rings. The van der Waals surface area contributed by atoms with Crippen LogP contribution in [0.25, 0.3) is 5.82 Å². The van der Waals surface area contributed by atoms with Gasteiger partial charge in [0.2, 0.25) is 0 Å². The van der Waals surface area contributed by atoms with Gasteiger partial charge in [-0.2, -0.15) is 5.10 Å². The van der Waals surface area contributed by atoms with Gasteiger partial charge in [-0.05, 0) is 24.5 Å². The highest BCUT2D eigenvalue weighted by atomic mass is 35.5. The molecule has 0 aliphatic carbocycles. The van der Waals surface area contributed by atoms with Crippen LogP contribution in [0.5, 0.6) is 0 Å². The maximum atomic E-state index is 12.2. The van der Waals surface area contributed by atoms with Crippen molar-refractivity contribution in [2.24, 2.45) is 10.7 Å². The second-order valence-electron chi connectivity index (χ2n) is 5.09. The minimum Gasteiger partial charge on any atom is -0.399 e.